The van der Waals surface area contributed by atoms with Crippen molar-refractivity contribution in [3.8, 4) is 0 Å². The summed E-state index contributed by atoms with van der Waals surface area (Å²) >= 11 is 0. The van der Waals surface area contributed by atoms with E-state index in [4.69, 9.17) is 0 Å². The first-order chi connectivity index (χ1) is 15.9. The number of aromatic amines is 1. The maximum Gasteiger partial charge on any atom is 0.106 e. The molecule has 0 saturated carbocycles. The zero-order valence-corrected chi connectivity index (χ0v) is 18.6. The SMILES string of the molecule is c1ccc(C(CCc2ncc(CCNCCCc3ccncc3)[nH]2)c2ccccc2)cc1. The van der Waals surface area contributed by atoms with E-state index in [1.165, 1.54) is 22.4 Å². The number of pyridine rings is 1. The topological polar surface area (TPSA) is 53.6 Å². The molecule has 2 aromatic carbocycles. The van der Waals surface area contributed by atoms with Gasteiger partial charge in [0.05, 0.1) is 0 Å². The van der Waals surface area contributed by atoms with Gasteiger partial charge in [-0.2, -0.15) is 0 Å². The number of aromatic nitrogens is 3. The van der Waals surface area contributed by atoms with Crippen LogP contribution in [0, 0.1) is 0 Å². The fourth-order valence-corrected chi connectivity index (χ4v) is 4.15. The van der Waals surface area contributed by atoms with E-state index in [1.807, 2.05) is 18.6 Å². The number of rotatable bonds is 12. The molecule has 0 fully saturated rings. The normalized spacial score (nSPS) is 11.2. The number of aryl methyl sites for hydroxylation is 2. The summed E-state index contributed by atoms with van der Waals surface area (Å²) in [5.74, 6) is 1.46. The lowest BCUT2D eigenvalue weighted by Crippen LogP contribution is -2.19. The maximum atomic E-state index is 4.64. The van der Waals surface area contributed by atoms with Crippen molar-refractivity contribution in [3.63, 3.8) is 0 Å². The number of benzene rings is 2. The number of nitrogens with one attached hydrogen (secondary N) is 2. The molecule has 32 heavy (non-hydrogen) atoms. The fraction of sp³-hybridized carbons (Fsp3) is 0.286. The van der Waals surface area contributed by atoms with E-state index >= 15 is 0 Å². The van der Waals surface area contributed by atoms with Gasteiger partial charge in [0, 0.05) is 49.6 Å². The van der Waals surface area contributed by atoms with E-state index in [2.05, 4.69) is 93.1 Å². The Hall–Kier alpha value is -3.24. The average molecular weight is 425 g/mol. The number of hydrogen-bond donors (Lipinski definition) is 2. The van der Waals surface area contributed by atoms with Gasteiger partial charge in [-0.15, -0.1) is 0 Å². The van der Waals surface area contributed by atoms with Crippen LogP contribution in [0.1, 0.15) is 47.0 Å². The van der Waals surface area contributed by atoms with Crippen molar-refractivity contribution in [1.82, 2.24) is 20.3 Å². The summed E-state index contributed by atoms with van der Waals surface area (Å²) in [6.45, 7) is 1.99. The quantitative estimate of drug-likeness (QED) is 0.302. The fourth-order valence-electron chi connectivity index (χ4n) is 4.15. The monoisotopic (exact) mass is 424 g/mol. The van der Waals surface area contributed by atoms with Gasteiger partial charge < -0.3 is 10.3 Å². The minimum absolute atomic E-state index is 0.382. The zero-order chi connectivity index (χ0) is 21.8. The third kappa shape index (κ3) is 6.63. The van der Waals surface area contributed by atoms with E-state index in [9.17, 15) is 0 Å². The number of imidazole rings is 1. The lowest BCUT2D eigenvalue weighted by Gasteiger charge is -2.17. The smallest absolute Gasteiger partial charge is 0.106 e. The van der Waals surface area contributed by atoms with E-state index < -0.39 is 0 Å². The van der Waals surface area contributed by atoms with Crippen LogP contribution in [0.2, 0.25) is 0 Å². The summed E-state index contributed by atoms with van der Waals surface area (Å²) in [6, 6.07) is 25.8. The highest BCUT2D eigenvalue weighted by atomic mass is 14.9. The van der Waals surface area contributed by atoms with Crippen LogP contribution in [-0.2, 0) is 19.3 Å². The van der Waals surface area contributed by atoms with Gasteiger partial charge in [0.25, 0.3) is 0 Å². The lowest BCUT2D eigenvalue weighted by atomic mass is 9.87. The molecule has 0 unspecified atom stereocenters. The molecular weight excluding hydrogens is 392 g/mol. The maximum absolute atomic E-state index is 4.64. The second-order valence-electron chi connectivity index (χ2n) is 8.23. The molecule has 4 rings (SSSR count). The summed E-state index contributed by atoms with van der Waals surface area (Å²) in [6.07, 6.45) is 10.9. The molecule has 0 aliphatic carbocycles. The molecular formula is C28H32N4. The molecule has 0 spiro atoms. The zero-order valence-electron chi connectivity index (χ0n) is 18.6. The second-order valence-corrected chi connectivity index (χ2v) is 8.23. The van der Waals surface area contributed by atoms with Gasteiger partial charge in [0.2, 0.25) is 0 Å². The van der Waals surface area contributed by atoms with Gasteiger partial charge >= 0.3 is 0 Å². The molecule has 0 saturated heterocycles. The Kier molecular flexibility index (Phi) is 8.22. The van der Waals surface area contributed by atoms with Gasteiger partial charge in [-0.3, -0.25) is 4.98 Å². The Labute approximate surface area is 191 Å². The molecule has 0 atom stereocenters. The third-order valence-corrected chi connectivity index (χ3v) is 5.89. The molecule has 4 aromatic rings. The molecule has 4 heteroatoms. The Morgan fingerprint density at radius 1 is 0.750 bits per heavy atom. The number of hydrogen-bond acceptors (Lipinski definition) is 3. The molecule has 0 aliphatic rings. The summed E-state index contributed by atoms with van der Waals surface area (Å²) in [5.41, 5.74) is 5.28. The Balaban J connectivity index is 1.22. The summed E-state index contributed by atoms with van der Waals surface area (Å²) in [7, 11) is 0. The first-order valence-corrected chi connectivity index (χ1v) is 11.6. The minimum atomic E-state index is 0.382. The molecule has 2 N–H and O–H groups in total. The van der Waals surface area contributed by atoms with E-state index in [1.54, 1.807) is 0 Å². The van der Waals surface area contributed by atoms with Crippen LogP contribution in [0.15, 0.2) is 91.4 Å². The Morgan fingerprint density at radius 3 is 2.12 bits per heavy atom. The van der Waals surface area contributed by atoms with Gasteiger partial charge in [0.1, 0.15) is 5.82 Å². The van der Waals surface area contributed by atoms with Crippen molar-refractivity contribution in [1.29, 1.82) is 0 Å². The lowest BCUT2D eigenvalue weighted by molar-refractivity contribution is 0.642. The van der Waals surface area contributed by atoms with Crippen molar-refractivity contribution < 1.29 is 0 Å². The molecule has 0 radical (unpaired) electrons. The molecule has 0 bridgehead atoms. The molecule has 2 heterocycles. The van der Waals surface area contributed by atoms with Crippen LogP contribution >= 0.6 is 0 Å². The summed E-state index contributed by atoms with van der Waals surface area (Å²) < 4.78 is 0. The van der Waals surface area contributed by atoms with Gasteiger partial charge in [0.15, 0.2) is 0 Å². The number of nitrogens with zero attached hydrogens (tertiary/aromatic N) is 2. The van der Waals surface area contributed by atoms with Crippen molar-refractivity contribution in [2.75, 3.05) is 13.1 Å². The Morgan fingerprint density at radius 2 is 1.44 bits per heavy atom. The van der Waals surface area contributed by atoms with E-state index in [0.29, 0.717) is 5.92 Å². The van der Waals surface area contributed by atoms with E-state index in [0.717, 1.165) is 51.0 Å². The van der Waals surface area contributed by atoms with E-state index in [-0.39, 0.29) is 0 Å². The van der Waals surface area contributed by atoms with Crippen molar-refractivity contribution in [3.05, 3.63) is 120 Å². The van der Waals surface area contributed by atoms with Crippen LogP contribution in [0.3, 0.4) is 0 Å². The Bertz CT molecular complexity index is 989. The predicted molar refractivity (Wildman–Crippen MR) is 131 cm³/mol. The van der Waals surface area contributed by atoms with Gasteiger partial charge in [-0.25, -0.2) is 4.98 Å². The van der Waals surface area contributed by atoms with Crippen LogP contribution in [0.5, 0.6) is 0 Å². The highest BCUT2D eigenvalue weighted by molar-refractivity contribution is 5.32. The van der Waals surface area contributed by atoms with Crippen LogP contribution < -0.4 is 5.32 Å². The van der Waals surface area contributed by atoms with Gasteiger partial charge in [-0.1, -0.05) is 60.7 Å². The largest absolute Gasteiger partial charge is 0.346 e. The highest BCUT2D eigenvalue weighted by Crippen LogP contribution is 2.28. The highest BCUT2D eigenvalue weighted by Gasteiger charge is 2.14. The summed E-state index contributed by atoms with van der Waals surface area (Å²) in [4.78, 5) is 12.2. The molecule has 4 nitrogen and oxygen atoms in total. The van der Waals surface area contributed by atoms with Crippen LogP contribution in [0.25, 0.3) is 0 Å². The first kappa shape index (κ1) is 22.0. The number of H-pyrrole nitrogens is 1. The van der Waals surface area contributed by atoms with Gasteiger partial charge in [-0.05, 0) is 54.6 Å². The molecule has 0 aliphatic heterocycles. The summed E-state index contributed by atoms with van der Waals surface area (Å²) in [5, 5.41) is 3.54. The first-order valence-electron chi connectivity index (χ1n) is 11.6. The average Bonchev–Trinajstić information content (AvgIpc) is 3.31. The standard InChI is InChI=1S/C28H32N4/c1-3-9-24(10-4-1)27(25-11-5-2-6-12-25)13-14-28-31-22-26(32-28)17-21-29-18-7-8-23-15-19-30-20-16-23/h1-6,9-12,15-16,19-20,22,27,29H,7-8,13-14,17-18,21H2,(H,31,32). The third-order valence-electron chi connectivity index (χ3n) is 5.89. The van der Waals surface area contributed by atoms with Crippen molar-refractivity contribution in [2.24, 2.45) is 0 Å². The molecule has 164 valence electrons. The van der Waals surface area contributed by atoms with Crippen molar-refractivity contribution >= 4 is 0 Å². The second kappa shape index (κ2) is 12.0. The van der Waals surface area contributed by atoms with Crippen molar-refractivity contribution in [2.45, 2.75) is 38.0 Å². The van der Waals surface area contributed by atoms with Crippen LogP contribution in [0.4, 0.5) is 0 Å². The predicted octanol–water partition coefficient (Wildman–Crippen LogP) is 5.33. The minimum Gasteiger partial charge on any atom is -0.346 e. The molecule has 2 aromatic heterocycles. The molecule has 0 amide bonds. The van der Waals surface area contributed by atoms with Crippen LogP contribution in [-0.4, -0.2) is 28.0 Å².